The highest BCUT2D eigenvalue weighted by Gasteiger charge is 1.92. The van der Waals surface area contributed by atoms with Crippen LogP contribution in [0, 0.1) is 0 Å². The zero-order valence-corrected chi connectivity index (χ0v) is 9.05. The number of hydrogen-bond acceptors (Lipinski definition) is 1. The second-order valence-electron chi connectivity index (χ2n) is 3.34. The Bertz CT molecular complexity index is 135. The molecule has 75 valence electrons. The Morgan fingerprint density at radius 1 is 1.23 bits per heavy atom. The molecule has 0 amide bonds. The molecule has 0 unspecified atom stereocenters. The molecule has 13 heavy (non-hydrogen) atoms. The number of aliphatic imine (C=N–C) groups is 1. The van der Waals surface area contributed by atoms with Gasteiger partial charge in [0.05, 0.1) is 5.84 Å². The standard InChI is InChI=1S/C10H22BN2/c1-3-5-6-10(12)13-9-8-11-7-4-2/h3-9H2,1-2H3,(H2,12,13). The van der Waals surface area contributed by atoms with Gasteiger partial charge in [0.2, 0.25) is 0 Å². The van der Waals surface area contributed by atoms with Crippen molar-refractivity contribution >= 4 is 13.1 Å². The molecule has 0 spiro atoms. The van der Waals surface area contributed by atoms with Crippen molar-refractivity contribution in [2.24, 2.45) is 10.7 Å². The number of nitrogens with two attached hydrogens (primary N) is 1. The minimum atomic E-state index is 0.826. The monoisotopic (exact) mass is 181 g/mol. The predicted octanol–water partition coefficient (Wildman–Crippen LogP) is 2.48. The Balaban J connectivity index is 3.25. The fourth-order valence-corrected chi connectivity index (χ4v) is 1.08. The van der Waals surface area contributed by atoms with Gasteiger partial charge in [-0.2, -0.15) is 0 Å². The molecule has 0 rings (SSSR count). The first-order valence-corrected chi connectivity index (χ1v) is 5.41. The quantitative estimate of drug-likeness (QED) is 0.265. The maximum atomic E-state index is 5.71. The highest BCUT2D eigenvalue weighted by molar-refractivity contribution is 6.35. The molecule has 0 aliphatic rings. The second kappa shape index (κ2) is 9.62. The topological polar surface area (TPSA) is 38.4 Å². The summed E-state index contributed by atoms with van der Waals surface area (Å²) in [5, 5.41) is 0. The SMILES string of the molecule is CCC[B]CCN=C(N)CCCC. The fraction of sp³-hybridized carbons (Fsp3) is 0.900. The molecule has 0 atom stereocenters. The summed E-state index contributed by atoms with van der Waals surface area (Å²) < 4.78 is 0. The normalized spacial score (nSPS) is 11.7. The van der Waals surface area contributed by atoms with Crippen LogP contribution in [0.4, 0.5) is 0 Å². The molecular formula is C10H22BN2. The van der Waals surface area contributed by atoms with Crippen LogP contribution in [0.25, 0.3) is 0 Å². The van der Waals surface area contributed by atoms with Crippen molar-refractivity contribution in [2.75, 3.05) is 6.54 Å². The lowest BCUT2D eigenvalue weighted by atomic mass is 9.70. The van der Waals surface area contributed by atoms with Gasteiger partial charge >= 0.3 is 0 Å². The van der Waals surface area contributed by atoms with Gasteiger partial charge in [-0.1, -0.05) is 39.3 Å². The lowest BCUT2D eigenvalue weighted by Crippen LogP contribution is -2.12. The van der Waals surface area contributed by atoms with Crippen LogP contribution >= 0.6 is 0 Å². The van der Waals surface area contributed by atoms with Crippen molar-refractivity contribution < 1.29 is 0 Å². The summed E-state index contributed by atoms with van der Waals surface area (Å²) in [5.74, 6) is 0.826. The number of rotatable bonds is 8. The van der Waals surface area contributed by atoms with E-state index in [1.165, 1.54) is 19.2 Å². The highest BCUT2D eigenvalue weighted by Crippen LogP contribution is 1.95. The van der Waals surface area contributed by atoms with Crippen LogP contribution < -0.4 is 5.73 Å². The molecule has 2 N–H and O–H groups in total. The van der Waals surface area contributed by atoms with Gasteiger partial charge in [0.25, 0.3) is 0 Å². The molecule has 0 aromatic rings. The fourth-order valence-electron chi connectivity index (χ4n) is 1.08. The van der Waals surface area contributed by atoms with Crippen LogP contribution in [-0.2, 0) is 0 Å². The van der Waals surface area contributed by atoms with Crippen LogP contribution in [0.2, 0.25) is 12.6 Å². The van der Waals surface area contributed by atoms with E-state index in [2.05, 4.69) is 26.1 Å². The van der Waals surface area contributed by atoms with E-state index in [0.29, 0.717) is 0 Å². The first-order chi connectivity index (χ1) is 6.31. The van der Waals surface area contributed by atoms with Gasteiger partial charge in [0.15, 0.2) is 0 Å². The number of amidine groups is 1. The number of unbranched alkanes of at least 4 members (excludes halogenated alkanes) is 1. The summed E-state index contributed by atoms with van der Waals surface area (Å²) in [5.41, 5.74) is 5.71. The molecule has 0 fully saturated rings. The van der Waals surface area contributed by atoms with Gasteiger partial charge in [-0.05, 0) is 6.42 Å². The maximum absolute atomic E-state index is 5.71. The Morgan fingerprint density at radius 3 is 2.62 bits per heavy atom. The van der Waals surface area contributed by atoms with Gasteiger partial charge in [-0.25, -0.2) is 0 Å². The molecule has 0 aromatic heterocycles. The van der Waals surface area contributed by atoms with Crippen molar-refractivity contribution in [3.8, 4) is 0 Å². The van der Waals surface area contributed by atoms with E-state index in [9.17, 15) is 0 Å². The van der Waals surface area contributed by atoms with E-state index in [0.717, 1.165) is 31.5 Å². The minimum Gasteiger partial charge on any atom is -0.387 e. The van der Waals surface area contributed by atoms with Gasteiger partial charge < -0.3 is 5.73 Å². The maximum Gasteiger partial charge on any atom is 0.111 e. The molecule has 0 aliphatic carbocycles. The second-order valence-corrected chi connectivity index (χ2v) is 3.34. The first kappa shape index (κ1) is 12.5. The zero-order valence-electron chi connectivity index (χ0n) is 9.05. The first-order valence-electron chi connectivity index (χ1n) is 5.41. The molecule has 3 heteroatoms. The van der Waals surface area contributed by atoms with E-state index >= 15 is 0 Å². The molecule has 1 radical (unpaired) electrons. The van der Waals surface area contributed by atoms with Crippen LogP contribution in [0.3, 0.4) is 0 Å². The predicted molar refractivity (Wildman–Crippen MR) is 61.7 cm³/mol. The summed E-state index contributed by atoms with van der Waals surface area (Å²) in [6.07, 6.45) is 6.82. The summed E-state index contributed by atoms with van der Waals surface area (Å²) >= 11 is 0. The van der Waals surface area contributed by atoms with Crippen molar-refractivity contribution in [1.82, 2.24) is 0 Å². The summed E-state index contributed by atoms with van der Waals surface area (Å²) in [6.45, 7) is 5.23. The number of nitrogens with zero attached hydrogens (tertiary/aromatic N) is 1. The van der Waals surface area contributed by atoms with E-state index in [1.807, 2.05) is 0 Å². The third kappa shape index (κ3) is 9.45. The average molecular weight is 181 g/mol. The third-order valence-corrected chi connectivity index (χ3v) is 1.93. The van der Waals surface area contributed by atoms with Crippen LogP contribution in [0.1, 0.15) is 39.5 Å². The Morgan fingerprint density at radius 2 is 2.00 bits per heavy atom. The lowest BCUT2D eigenvalue weighted by molar-refractivity contribution is 0.827. The third-order valence-electron chi connectivity index (χ3n) is 1.93. The lowest BCUT2D eigenvalue weighted by Gasteiger charge is -1.98. The molecule has 0 heterocycles. The van der Waals surface area contributed by atoms with Crippen LogP contribution in [0.5, 0.6) is 0 Å². The Labute approximate surface area is 83.2 Å². The van der Waals surface area contributed by atoms with Crippen LogP contribution in [0.15, 0.2) is 4.99 Å². The number of hydrogen-bond donors (Lipinski definition) is 1. The van der Waals surface area contributed by atoms with Crippen molar-refractivity contribution in [2.45, 2.75) is 52.2 Å². The summed E-state index contributed by atoms with van der Waals surface area (Å²) in [6, 6.07) is 0. The van der Waals surface area contributed by atoms with E-state index in [1.54, 1.807) is 0 Å². The highest BCUT2D eigenvalue weighted by atomic mass is 14.8. The molecule has 0 saturated heterocycles. The van der Waals surface area contributed by atoms with Gasteiger partial charge in [0.1, 0.15) is 7.28 Å². The molecule has 0 saturated carbocycles. The molecule has 2 nitrogen and oxygen atoms in total. The smallest absolute Gasteiger partial charge is 0.111 e. The van der Waals surface area contributed by atoms with Crippen molar-refractivity contribution in [3.05, 3.63) is 0 Å². The minimum absolute atomic E-state index is 0.826. The van der Waals surface area contributed by atoms with Gasteiger partial charge in [-0.15, -0.1) is 0 Å². The van der Waals surface area contributed by atoms with E-state index < -0.39 is 0 Å². The Hall–Kier alpha value is -0.465. The van der Waals surface area contributed by atoms with Crippen molar-refractivity contribution in [1.29, 1.82) is 0 Å². The Kier molecular flexibility index (Phi) is 9.28. The van der Waals surface area contributed by atoms with E-state index in [4.69, 9.17) is 5.73 Å². The molecule has 0 aromatic carbocycles. The summed E-state index contributed by atoms with van der Waals surface area (Å²) in [7, 11) is 2.29. The largest absolute Gasteiger partial charge is 0.387 e. The van der Waals surface area contributed by atoms with Gasteiger partial charge in [0, 0.05) is 13.0 Å². The zero-order chi connectivity index (χ0) is 9.94. The van der Waals surface area contributed by atoms with Crippen LogP contribution in [-0.4, -0.2) is 19.7 Å². The van der Waals surface area contributed by atoms with Gasteiger partial charge in [-0.3, -0.25) is 4.99 Å². The molecule has 0 aliphatic heterocycles. The molecule has 0 bridgehead atoms. The van der Waals surface area contributed by atoms with Crippen molar-refractivity contribution in [3.63, 3.8) is 0 Å². The summed E-state index contributed by atoms with van der Waals surface area (Å²) in [4.78, 5) is 4.30. The average Bonchev–Trinajstić information content (AvgIpc) is 2.14. The molecular weight excluding hydrogens is 159 g/mol. The van der Waals surface area contributed by atoms with E-state index in [-0.39, 0.29) is 0 Å².